The number of aromatic nitrogens is 5. The summed E-state index contributed by atoms with van der Waals surface area (Å²) in [6.45, 7) is 2.02. The summed E-state index contributed by atoms with van der Waals surface area (Å²) in [4.78, 5) is 13.1. The molecule has 6 heteroatoms. The second-order valence-corrected chi connectivity index (χ2v) is 4.83. The van der Waals surface area contributed by atoms with Crippen LogP contribution in [0.3, 0.4) is 0 Å². The number of rotatable bonds is 3. The van der Waals surface area contributed by atoms with E-state index in [0.717, 1.165) is 29.2 Å². The van der Waals surface area contributed by atoms with E-state index in [0.29, 0.717) is 11.5 Å². The highest BCUT2D eigenvalue weighted by Crippen LogP contribution is 2.25. The van der Waals surface area contributed by atoms with Crippen molar-refractivity contribution in [1.29, 1.82) is 0 Å². The molecule has 108 valence electrons. The smallest absolute Gasteiger partial charge is 0.253 e. The van der Waals surface area contributed by atoms with Gasteiger partial charge in [-0.2, -0.15) is 9.50 Å². The molecule has 4 rings (SSSR count). The van der Waals surface area contributed by atoms with Gasteiger partial charge in [0.05, 0.1) is 12.0 Å². The van der Waals surface area contributed by atoms with Crippen molar-refractivity contribution < 1.29 is 4.42 Å². The lowest BCUT2D eigenvalue weighted by Crippen LogP contribution is -1.98. The molecule has 0 amide bonds. The summed E-state index contributed by atoms with van der Waals surface area (Å²) >= 11 is 0. The lowest BCUT2D eigenvalue weighted by atomic mass is 10.1. The molecule has 0 unspecified atom stereocenters. The van der Waals surface area contributed by atoms with E-state index in [-0.39, 0.29) is 0 Å². The van der Waals surface area contributed by atoms with Crippen molar-refractivity contribution in [3.05, 3.63) is 54.8 Å². The van der Waals surface area contributed by atoms with Crippen LogP contribution in [0.5, 0.6) is 0 Å². The van der Waals surface area contributed by atoms with Gasteiger partial charge in [-0.1, -0.05) is 6.92 Å². The second kappa shape index (κ2) is 5.07. The van der Waals surface area contributed by atoms with Crippen molar-refractivity contribution in [2.75, 3.05) is 0 Å². The summed E-state index contributed by atoms with van der Waals surface area (Å²) in [5.74, 6) is 2.04. The van der Waals surface area contributed by atoms with Gasteiger partial charge in [0.2, 0.25) is 0 Å². The van der Waals surface area contributed by atoms with E-state index in [9.17, 15) is 0 Å². The van der Waals surface area contributed by atoms with Gasteiger partial charge in [-0.05, 0) is 30.3 Å². The Balaban J connectivity index is 2.01. The molecule has 0 spiro atoms. The predicted molar refractivity (Wildman–Crippen MR) is 81.1 cm³/mol. The Morgan fingerprint density at radius 2 is 2.00 bits per heavy atom. The van der Waals surface area contributed by atoms with E-state index in [1.54, 1.807) is 23.2 Å². The zero-order valence-corrected chi connectivity index (χ0v) is 12.0. The van der Waals surface area contributed by atoms with Crippen molar-refractivity contribution in [3.63, 3.8) is 0 Å². The molecule has 0 atom stereocenters. The van der Waals surface area contributed by atoms with Gasteiger partial charge >= 0.3 is 0 Å². The first-order valence-electron chi connectivity index (χ1n) is 7.06. The molecular weight excluding hydrogens is 278 g/mol. The molecule has 0 aromatic carbocycles. The number of fused-ring (bicyclic) bond motifs is 1. The van der Waals surface area contributed by atoms with Crippen LogP contribution in [0.2, 0.25) is 0 Å². The maximum absolute atomic E-state index is 5.46. The first kappa shape index (κ1) is 12.7. The lowest BCUT2D eigenvalue weighted by Gasteiger charge is -2.05. The minimum Gasteiger partial charge on any atom is -0.463 e. The summed E-state index contributed by atoms with van der Waals surface area (Å²) in [7, 11) is 0. The van der Waals surface area contributed by atoms with Crippen LogP contribution in [0, 0.1) is 0 Å². The van der Waals surface area contributed by atoms with Gasteiger partial charge in [-0.25, -0.2) is 4.98 Å². The number of nitrogens with zero attached hydrogens (tertiary/aromatic N) is 5. The highest BCUT2D eigenvalue weighted by molar-refractivity contribution is 5.68. The summed E-state index contributed by atoms with van der Waals surface area (Å²) < 4.78 is 7.22. The fraction of sp³-hybridized carbons (Fsp3) is 0.125. The van der Waals surface area contributed by atoms with E-state index in [2.05, 4.69) is 20.1 Å². The lowest BCUT2D eigenvalue weighted by molar-refractivity contribution is 0.580. The molecule has 0 fully saturated rings. The molecule has 0 aliphatic heterocycles. The van der Waals surface area contributed by atoms with Gasteiger partial charge < -0.3 is 4.42 Å². The maximum Gasteiger partial charge on any atom is 0.253 e. The summed E-state index contributed by atoms with van der Waals surface area (Å²) in [6, 6.07) is 9.55. The second-order valence-electron chi connectivity index (χ2n) is 4.83. The third-order valence-electron chi connectivity index (χ3n) is 3.42. The first-order chi connectivity index (χ1) is 10.8. The molecular formula is C16H13N5O. The van der Waals surface area contributed by atoms with Crippen molar-refractivity contribution in [3.8, 4) is 22.7 Å². The third-order valence-corrected chi connectivity index (χ3v) is 3.42. The van der Waals surface area contributed by atoms with E-state index >= 15 is 0 Å². The Kier molecular flexibility index (Phi) is 2.93. The van der Waals surface area contributed by atoms with Crippen LogP contribution in [-0.4, -0.2) is 24.6 Å². The third kappa shape index (κ3) is 2.05. The number of aryl methyl sites for hydroxylation is 1. The minimum absolute atomic E-state index is 0.567. The first-order valence-corrected chi connectivity index (χ1v) is 7.06. The normalized spacial score (nSPS) is 11.1. The van der Waals surface area contributed by atoms with Gasteiger partial charge in [0.25, 0.3) is 5.78 Å². The van der Waals surface area contributed by atoms with Crippen molar-refractivity contribution >= 4 is 5.78 Å². The zero-order chi connectivity index (χ0) is 14.9. The maximum atomic E-state index is 5.46. The van der Waals surface area contributed by atoms with Crippen molar-refractivity contribution in [2.45, 2.75) is 13.3 Å². The van der Waals surface area contributed by atoms with Gasteiger partial charge in [-0.3, -0.25) is 4.98 Å². The zero-order valence-electron chi connectivity index (χ0n) is 12.0. The standard InChI is InChI=1S/C16H13N5O/c1-2-15-19-16-18-12(14-4-3-9-22-14)10-13(21(16)20-15)11-5-7-17-8-6-11/h3-10H,2H2,1H3. The monoisotopic (exact) mass is 291 g/mol. The molecule has 0 bridgehead atoms. The largest absolute Gasteiger partial charge is 0.463 e. The predicted octanol–water partition coefficient (Wildman–Crippen LogP) is 3.01. The van der Waals surface area contributed by atoms with E-state index in [1.165, 1.54) is 0 Å². The highest BCUT2D eigenvalue weighted by Gasteiger charge is 2.14. The van der Waals surface area contributed by atoms with Crippen LogP contribution in [-0.2, 0) is 6.42 Å². The molecule has 0 aliphatic carbocycles. The van der Waals surface area contributed by atoms with Crippen LogP contribution in [0.15, 0.2) is 53.4 Å². The molecule has 4 aromatic heterocycles. The summed E-state index contributed by atoms with van der Waals surface area (Å²) in [6.07, 6.45) is 5.90. The molecule has 0 saturated heterocycles. The Bertz CT molecular complexity index is 913. The van der Waals surface area contributed by atoms with Gasteiger partial charge in [-0.15, -0.1) is 5.10 Å². The van der Waals surface area contributed by atoms with E-state index in [1.807, 2.05) is 37.3 Å². The Hall–Kier alpha value is -3.02. The molecule has 22 heavy (non-hydrogen) atoms. The molecule has 0 aliphatic rings. The van der Waals surface area contributed by atoms with E-state index < -0.39 is 0 Å². The average Bonchev–Trinajstić information content (AvgIpc) is 3.23. The average molecular weight is 291 g/mol. The van der Waals surface area contributed by atoms with Gasteiger partial charge in [0.15, 0.2) is 11.6 Å². The van der Waals surface area contributed by atoms with Gasteiger partial charge in [0.1, 0.15) is 5.69 Å². The van der Waals surface area contributed by atoms with Crippen LogP contribution in [0.25, 0.3) is 28.5 Å². The molecule has 4 aromatic rings. The summed E-state index contributed by atoms with van der Waals surface area (Å²) in [5, 5.41) is 4.52. The number of hydrogen-bond acceptors (Lipinski definition) is 5. The quantitative estimate of drug-likeness (QED) is 0.580. The number of hydrogen-bond donors (Lipinski definition) is 0. The van der Waals surface area contributed by atoms with Crippen LogP contribution in [0.1, 0.15) is 12.7 Å². The van der Waals surface area contributed by atoms with Crippen LogP contribution < -0.4 is 0 Å². The molecule has 0 radical (unpaired) electrons. The Morgan fingerprint density at radius 1 is 1.14 bits per heavy atom. The Morgan fingerprint density at radius 3 is 2.73 bits per heavy atom. The fourth-order valence-corrected chi connectivity index (χ4v) is 2.34. The number of pyridine rings is 1. The molecule has 6 nitrogen and oxygen atoms in total. The topological polar surface area (TPSA) is 69.1 Å². The fourth-order valence-electron chi connectivity index (χ4n) is 2.34. The summed E-state index contributed by atoms with van der Waals surface area (Å²) in [5.41, 5.74) is 2.65. The van der Waals surface area contributed by atoms with Crippen molar-refractivity contribution in [2.24, 2.45) is 0 Å². The SMILES string of the molecule is CCc1nc2nc(-c3ccco3)cc(-c3ccncc3)n2n1. The minimum atomic E-state index is 0.567. The highest BCUT2D eigenvalue weighted by atomic mass is 16.3. The number of furan rings is 1. The van der Waals surface area contributed by atoms with E-state index in [4.69, 9.17) is 4.42 Å². The van der Waals surface area contributed by atoms with Crippen molar-refractivity contribution in [1.82, 2.24) is 24.6 Å². The van der Waals surface area contributed by atoms with Crippen LogP contribution in [0.4, 0.5) is 0 Å². The molecule has 0 saturated carbocycles. The van der Waals surface area contributed by atoms with Crippen LogP contribution >= 0.6 is 0 Å². The molecule has 4 heterocycles. The van der Waals surface area contributed by atoms with Gasteiger partial charge in [0, 0.05) is 24.4 Å². The molecule has 0 N–H and O–H groups in total. The Labute approximate surface area is 126 Å².